The predicted molar refractivity (Wildman–Crippen MR) is 91.6 cm³/mol. The number of amides is 3. The molecule has 3 amide bonds. The molecule has 1 heterocycles. The molecule has 2 rings (SSSR count). The molecule has 5 nitrogen and oxygen atoms in total. The fourth-order valence-corrected chi connectivity index (χ4v) is 2.85. The van der Waals surface area contributed by atoms with E-state index < -0.39 is 0 Å². The molecule has 126 valence electrons. The lowest BCUT2D eigenvalue weighted by Crippen LogP contribution is -2.45. The van der Waals surface area contributed by atoms with Gasteiger partial charge in [-0.2, -0.15) is 0 Å². The monoisotopic (exact) mass is 337 g/mol. The van der Waals surface area contributed by atoms with Crippen molar-refractivity contribution in [3.63, 3.8) is 0 Å². The maximum absolute atomic E-state index is 12.4. The number of carbonyl (C=O) groups is 2. The van der Waals surface area contributed by atoms with Crippen molar-refractivity contribution in [2.24, 2.45) is 0 Å². The first-order valence-corrected chi connectivity index (χ1v) is 8.41. The number of halogens is 1. The third-order valence-corrected chi connectivity index (χ3v) is 4.03. The van der Waals surface area contributed by atoms with Gasteiger partial charge in [0.2, 0.25) is 5.91 Å². The largest absolute Gasteiger partial charge is 0.341 e. The summed E-state index contributed by atoms with van der Waals surface area (Å²) in [6.45, 7) is 6.39. The molecule has 0 radical (unpaired) electrons. The Morgan fingerprint density at radius 2 is 1.87 bits per heavy atom. The topological polar surface area (TPSA) is 52.7 Å². The molecule has 1 aromatic rings. The van der Waals surface area contributed by atoms with Crippen molar-refractivity contribution in [2.45, 2.75) is 32.7 Å². The molecule has 23 heavy (non-hydrogen) atoms. The molecule has 0 spiro atoms. The van der Waals surface area contributed by atoms with Crippen LogP contribution in [0.1, 0.15) is 25.8 Å². The van der Waals surface area contributed by atoms with E-state index in [-0.39, 0.29) is 18.0 Å². The van der Waals surface area contributed by atoms with Crippen molar-refractivity contribution in [2.75, 3.05) is 26.2 Å². The Bertz CT molecular complexity index is 563. The van der Waals surface area contributed by atoms with Crippen LogP contribution in [0.25, 0.3) is 0 Å². The molecule has 1 aromatic carbocycles. The van der Waals surface area contributed by atoms with Gasteiger partial charge in [0.1, 0.15) is 0 Å². The van der Waals surface area contributed by atoms with Gasteiger partial charge in [0, 0.05) is 37.2 Å². The first-order valence-electron chi connectivity index (χ1n) is 8.03. The number of carbonyl (C=O) groups excluding carboxylic acids is 2. The molecule has 0 atom stereocenters. The summed E-state index contributed by atoms with van der Waals surface area (Å²) in [5.41, 5.74) is 0.918. The lowest BCUT2D eigenvalue weighted by Gasteiger charge is -2.23. The molecule has 0 aliphatic carbocycles. The first-order chi connectivity index (χ1) is 11.0. The first kappa shape index (κ1) is 17.6. The highest BCUT2D eigenvalue weighted by molar-refractivity contribution is 6.30. The third kappa shape index (κ3) is 5.43. The van der Waals surface area contributed by atoms with Crippen molar-refractivity contribution in [1.29, 1.82) is 0 Å². The minimum Gasteiger partial charge on any atom is -0.341 e. The summed E-state index contributed by atoms with van der Waals surface area (Å²) in [4.78, 5) is 28.1. The van der Waals surface area contributed by atoms with Crippen LogP contribution in [0.3, 0.4) is 0 Å². The lowest BCUT2D eigenvalue weighted by atomic mass is 10.1. The summed E-state index contributed by atoms with van der Waals surface area (Å²) in [5, 5.41) is 3.54. The van der Waals surface area contributed by atoms with Crippen LogP contribution >= 0.6 is 11.6 Å². The van der Waals surface area contributed by atoms with Gasteiger partial charge >= 0.3 is 6.03 Å². The molecular weight excluding hydrogens is 314 g/mol. The Morgan fingerprint density at radius 3 is 2.57 bits per heavy atom. The molecular formula is C17H24ClN3O2. The minimum absolute atomic E-state index is 0.0517. The smallest absolute Gasteiger partial charge is 0.317 e. The lowest BCUT2D eigenvalue weighted by molar-refractivity contribution is -0.130. The summed E-state index contributed by atoms with van der Waals surface area (Å²) < 4.78 is 0. The average Bonchev–Trinajstić information content (AvgIpc) is 2.72. The predicted octanol–water partition coefficient (Wildman–Crippen LogP) is 2.53. The number of hydrogen-bond donors (Lipinski definition) is 1. The van der Waals surface area contributed by atoms with E-state index in [1.807, 2.05) is 36.9 Å². The number of hydrogen-bond acceptors (Lipinski definition) is 2. The number of urea groups is 1. The summed E-state index contributed by atoms with van der Waals surface area (Å²) in [7, 11) is 0. The highest BCUT2D eigenvalue weighted by Gasteiger charge is 2.22. The fraction of sp³-hybridized carbons (Fsp3) is 0.529. The van der Waals surface area contributed by atoms with Gasteiger partial charge in [-0.1, -0.05) is 23.7 Å². The Labute approximate surface area is 142 Å². The van der Waals surface area contributed by atoms with E-state index in [0.29, 0.717) is 37.6 Å². The van der Waals surface area contributed by atoms with Gasteiger partial charge in [-0.15, -0.1) is 0 Å². The molecule has 1 aliphatic rings. The van der Waals surface area contributed by atoms with Crippen molar-refractivity contribution in [3.8, 4) is 0 Å². The van der Waals surface area contributed by atoms with E-state index in [2.05, 4.69) is 5.32 Å². The summed E-state index contributed by atoms with van der Waals surface area (Å²) in [6, 6.07) is 7.44. The third-order valence-electron chi connectivity index (χ3n) is 3.79. The zero-order valence-electron chi connectivity index (χ0n) is 13.7. The van der Waals surface area contributed by atoms with Gasteiger partial charge < -0.3 is 15.1 Å². The van der Waals surface area contributed by atoms with Crippen molar-refractivity contribution < 1.29 is 9.59 Å². The SMILES string of the molecule is CC(C)NC(=O)N1CCCN(C(=O)Cc2cccc(Cl)c2)CC1. The number of benzene rings is 1. The minimum atomic E-state index is -0.0517. The van der Waals surface area contributed by atoms with Gasteiger partial charge in [0.05, 0.1) is 6.42 Å². The van der Waals surface area contributed by atoms with Crippen LogP contribution < -0.4 is 5.32 Å². The second-order valence-corrected chi connectivity index (χ2v) is 6.57. The highest BCUT2D eigenvalue weighted by Crippen LogP contribution is 2.13. The van der Waals surface area contributed by atoms with Crippen molar-refractivity contribution in [1.82, 2.24) is 15.1 Å². The zero-order valence-corrected chi connectivity index (χ0v) is 14.5. The fourth-order valence-electron chi connectivity index (χ4n) is 2.64. The molecule has 1 fully saturated rings. The van der Waals surface area contributed by atoms with Gasteiger partial charge in [-0.05, 0) is 38.0 Å². The standard InChI is InChI=1S/C17H24ClN3O2/c1-13(2)19-17(23)21-8-4-7-20(9-10-21)16(22)12-14-5-3-6-15(18)11-14/h3,5-6,11,13H,4,7-10,12H2,1-2H3,(H,19,23). The van der Waals surface area contributed by atoms with E-state index in [0.717, 1.165) is 12.0 Å². The molecule has 0 unspecified atom stereocenters. The molecule has 0 aromatic heterocycles. The highest BCUT2D eigenvalue weighted by atomic mass is 35.5. The summed E-state index contributed by atoms with van der Waals surface area (Å²) >= 11 is 5.96. The van der Waals surface area contributed by atoms with Crippen LogP contribution in [-0.2, 0) is 11.2 Å². The van der Waals surface area contributed by atoms with Gasteiger partial charge in [0.15, 0.2) is 0 Å². The summed E-state index contributed by atoms with van der Waals surface area (Å²) in [6.07, 6.45) is 1.14. The van der Waals surface area contributed by atoms with E-state index in [1.54, 1.807) is 11.0 Å². The van der Waals surface area contributed by atoms with E-state index >= 15 is 0 Å². The Balaban J connectivity index is 1.89. The molecule has 1 aliphatic heterocycles. The van der Waals surface area contributed by atoms with Crippen LogP contribution in [0.4, 0.5) is 4.79 Å². The van der Waals surface area contributed by atoms with Gasteiger partial charge in [-0.3, -0.25) is 4.79 Å². The molecule has 1 N–H and O–H groups in total. The molecule has 0 saturated carbocycles. The Morgan fingerprint density at radius 1 is 1.17 bits per heavy atom. The van der Waals surface area contributed by atoms with Gasteiger partial charge in [-0.25, -0.2) is 4.79 Å². The maximum Gasteiger partial charge on any atom is 0.317 e. The average molecular weight is 338 g/mol. The number of nitrogens with zero attached hydrogens (tertiary/aromatic N) is 2. The second kappa shape index (κ2) is 8.20. The molecule has 0 bridgehead atoms. The second-order valence-electron chi connectivity index (χ2n) is 6.13. The number of rotatable bonds is 3. The van der Waals surface area contributed by atoms with Crippen molar-refractivity contribution >= 4 is 23.5 Å². The van der Waals surface area contributed by atoms with Crippen LogP contribution in [0.2, 0.25) is 5.02 Å². The Hall–Kier alpha value is -1.75. The maximum atomic E-state index is 12.4. The van der Waals surface area contributed by atoms with Crippen LogP contribution in [0.15, 0.2) is 24.3 Å². The van der Waals surface area contributed by atoms with E-state index in [4.69, 9.17) is 11.6 Å². The van der Waals surface area contributed by atoms with Crippen LogP contribution in [0, 0.1) is 0 Å². The van der Waals surface area contributed by atoms with Gasteiger partial charge in [0.25, 0.3) is 0 Å². The Kier molecular flexibility index (Phi) is 6.28. The summed E-state index contributed by atoms with van der Waals surface area (Å²) in [5.74, 6) is 0.0818. The number of nitrogens with one attached hydrogen (secondary N) is 1. The van der Waals surface area contributed by atoms with E-state index in [9.17, 15) is 9.59 Å². The quantitative estimate of drug-likeness (QED) is 0.921. The van der Waals surface area contributed by atoms with Crippen molar-refractivity contribution in [3.05, 3.63) is 34.9 Å². The van der Waals surface area contributed by atoms with E-state index in [1.165, 1.54) is 0 Å². The van der Waals surface area contributed by atoms with Crippen LogP contribution in [-0.4, -0.2) is 54.0 Å². The normalized spacial score (nSPS) is 15.5. The van der Waals surface area contributed by atoms with Crippen LogP contribution in [0.5, 0.6) is 0 Å². The molecule has 1 saturated heterocycles. The zero-order chi connectivity index (χ0) is 16.8. The molecule has 6 heteroatoms.